The molecule has 2 unspecified atom stereocenters. The van der Waals surface area contributed by atoms with E-state index in [0.29, 0.717) is 12.4 Å². The van der Waals surface area contributed by atoms with Crippen molar-refractivity contribution in [3.05, 3.63) is 23.3 Å². The van der Waals surface area contributed by atoms with Gasteiger partial charge in [0.1, 0.15) is 23.4 Å². The average molecular weight is 287 g/mol. The van der Waals surface area contributed by atoms with Gasteiger partial charge >= 0.3 is 0 Å². The highest BCUT2D eigenvalue weighted by molar-refractivity contribution is 6.07. The lowest BCUT2D eigenvalue weighted by Gasteiger charge is -2.20. The second kappa shape index (κ2) is 5.39. The number of rotatable bonds is 3. The van der Waals surface area contributed by atoms with Gasteiger partial charge in [0.25, 0.3) is 0 Å². The van der Waals surface area contributed by atoms with E-state index in [9.17, 15) is 0 Å². The Bertz CT molecular complexity index is 622. The summed E-state index contributed by atoms with van der Waals surface area (Å²) in [4.78, 5) is 0. The Morgan fingerprint density at radius 3 is 2.81 bits per heavy atom. The van der Waals surface area contributed by atoms with Gasteiger partial charge in [0.15, 0.2) is 0 Å². The van der Waals surface area contributed by atoms with E-state index in [1.807, 2.05) is 13.0 Å². The number of nitrogens with two attached hydrogens (primary N) is 1. The molecule has 5 heteroatoms. The molecular weight excluding hydrogens is 266 g/mol. The normalized spacial score (nSPS) is 24.0. The number of nitrogens with zero attached hydrogens (tertiary/aromatic N) is 2. The molecule has 0 aromatic heterocycles. The van der Waals surface area contributed by atoms with Crippen molar-refractivity contribution < 1.29 is 9.47 Å². The molecule has 21 heavy (non-hydrogen) atoms. The molecule has 0 saturated heterocycles. The van der Waals surface area contributed by atoms with E-state index < -0.39 is 0 Å². The van der Waals surface area contributed by atoms with Crippen LogP contribution >= 0.6 is 0 Å². The van der Waals surface area contributed by atoms with E-state index in [1.54, 1.807) is 0 Å². The first-order valence-corrected chi connectivity index (χ1v) is 7.45. The summed E-state index contributed by atoms with van der Waals surface area (Å²) in [6.07, 6.45) is 1.85. The van der Waals surface area contributed by atoms with Crippen molar-refractivity contribution in [3.8, 4) is 11.5 Å². The first kappa shape index (κ1) is 13.9. The highest BCUT2D eigenvalue weighted by Crippen LogP contribution is 2.37. The summed E-state index contributed by atoms with van der Waals surface area (Å²) in [5, 5.41) is 8.33. The van der Waals surface area contributed by atoms with Crippen molar-refractivity contribution in [3.63, 3.8) is 0 Å². The molecule has 2 atom stereocenters. The summed E-state index contributed by atoms with van der Waals surface area (Å²) in [7, 11) is 0. The van der Waals surface area contributed by atoms with Crippen molar-refractivity contribution >= 4 is 11.5 Å². The second-order valence-electron chi connectivity index (χ2n) is 5.70. The van der Waals surface area contributed by atoms with E-state index >= 15 is 0 Å². The molecule has 0 spiro atoms. The zero-order chi connectivity index (χ0) is 15.0. The lowest BCUT2D eigenvalue weighted by molar-refractivity contribution is 0.254. The number of fused-ring (bicyclic) bond motifs is 1. The molecule has 112 valence electrons. The Kier molecular flexibility index (Phi) is 3.57. The van der Waals surface area contributed by atoms with Gasteiger partial charge in [-0.3, -0.25) is 0 Å². The minimum Gasteiger partial charge on any atom is -0.493 e. The predicted molar refractivity (Wildman–Crippen MR) is 83.3 cm³/mol. The Hall–Kier alpha value is -2.04. The smallest absolute Gasteiger partial charge is 0.128 e. The maximum atomic E-state index is 5.86. The van der Waals surface area contributed by atoms with Gasteiger partial charge in [0.2, 0.25) is 0 Å². The topological polar surface area (TPSA) is 69.2 Å². The molecule has 0 aliphatic carbocycles. The third-order valence-electron chi connectivity index (χ3n) is 3.84. The maximum Gasteiger partial charge on any atom is 0.128 e. The monoisotopic (exact) mass is 287 g/mol. The number of hydrogen-bond donors (Lipinski definition) is 1. The molecule has 2 N–H and O–H groups in total. The van der Waals surface area contributed by atoms with Crippen LogP contribution < -0.4 is 15.2 Å². The highest BCUT2D eigenvalue weighted by atomic mass is 16.5. The van der Waals surface area contributed by atoms with Gasteiger partial charge in [-0.1, -0.05) is 6.92 Å². The molecule has 2 heterocycles. The number of amidine groups is 1. The SMILES string of the molecule is CCOc1cc2c(cc1C1=NN=C(N)CC1C)OC(C)C2. The lowest BCUT2D eigenvalue weighted by atomic mass is 9.92. The Morgan fingerprint density at radius 1 is 1.29 bits per heavy atom. The molecule has 3 rings (SSSR count). The van der Waals surface area contributed by atoms with Crippen LogP contribution in [0.5, 0.6) is 11.5 Å². The van der Waals surface area contributed by atoms with Crippen LogP contribution in [-0.2, 0) is 6.42 Å². The zero-order valence-corrected chi connectivity index (χ0v) is 12.7. The standard InChI is InChI=1S/C16H21N3O2/c1-4-20-14-7-11-6-10(3)21-13(11)8-12(14)16-9(2)5-15(17)18-19-16/h7-10H,4-6H2,1-3H3,(H2,17,18). The van der Waals surface area contributed by atoms with Crippen molar-refractivity contribution in [2.24, 2.45) is 21.9 Å². The third kappa shape index (κ3) is 2.60. The first-order chi connectivity index (χ1) is 10.1. The van der Waals surface area contributed by atoms with Crippen LogP contribution in [0.4, 0.5) is 0 Å². The van der Waals surface area contributed by atoms with Gasteiger partial charge in [-0.2, -0.15) is 5.10 Å². The molecule has 0 radical (unpaired) electrons. The van der Waals surface area contributed by atoms with Crippen LogP contribution in [-0.4, -0.2) is 24.3 Å². The molecular formula is C16H21N3O2. The van der Waals surface area contributed by atoms with Gasteiger partial charge in [0, 0.05) is 29.9 Å². The highest BCUT2D eigenvalue weighted by Gasteiger charge is 2.27. The van der Waals surface area contributed by atoms with Gasteiger partial charge in [-0.15, -0.1) is 5.10 Å². The Morgan fingerprint density at radius 2 is 2.10 bits per heavy atom. The van der Waals surface area contributed by atoms with Gasteiger partial charge in [0.05, 0.1) is 12.3 Å². The van der Waals surface area contributed by atoms with Crippen LogP contribution in [0.25, 0.3) is 0 Å². The van der Waals surface area contributed by atoms with E-state index in [2.05, 4.69) is 30.1 Å². The molecule has 0 saturated carbocycles. The molecule has 2 aliphatic heterocycles. The van der Waals surface area contributed by atoms with Gasteiger partial charge in [-0.25, -0.2) is 0 Å². The summed E-state index contributed by atoms with van der Waals surface area (Å²) in [6.45, 7) is 6.78. The second-order valence-corrected chi connectivity index (χ2v) is 5.70. The molecule has 0 bridgehead atoms. The maximum absolute atomic E-state index is 5.86. The molecule has 1 aromatic rings. The molecule has 2 aliphatic rings. The molecule has 0 fully saturated rings. The predicted octanol–water partition coefficient (Wildman–Crippen LogP) is 2.51. The quantitative estimate of drug-likeness (QED) is 0.928. The van der Waals surface area contributed by atoms with Crippen LogP contribution in [0.15, 0.2) is 22.3 Å². The fourth-order valence-corrected chi connectivity index (χ4v) is 2.90. The van der Waals surface area contributed by atoms with Crippen molar-refractivity contribution in [1.29, 1.82) is 0 Å². The van der Waals surface area contributed by atoms with Crippen LogP contribution in [0.2, 0.25) is 0 Å². The van der Waals surface area contributed by atoms with Crippen LogP contribution in [0, 0.1) is 5.92 Å². The van der Waals surface area contributed by atoms with Crippen molar-refractivity contribution in [2.75, 3.05) is 6.61 Å². The Balaban J connectivity index is 2.07. The zero-order valence-electron chi connectivity index (χ0n) is 12.7. The summed E-state index contributed by atoms with van der Waals surface area (Å²) in [6, 6.07) is 4.12. The van der Waals surface area contributed by atoms with Gasteiger partial charge in [-0.05, 0) is 26.0 Å². The van der Waals surface area contributed by atoms with E-state index in [-0.39, 0.29) is 12.0 Å². The summed E-state index contributed by atoms with van der Waals surface area (Å²) in [5.74, 6) is 2.59. The summed E-state index contributed by atoms with van der Waals surface area (Å²) < 4.78 is 11.7. The summed E-state index contributed by atoms with van der Waals surface area (Å²) >= 11 is 0. The third-order valence-corrected chi connectivity index (χ3v) is 3.84. The summed E-state index contributed by atoms with van der Waals surface area (Å²) in [5.41, 5.74) is 8.84. The number of hydrogen-bond acceptors (Lipinski definition) is 5. The largest absolute Gasteiger partial charge is 0.493 e. The molecule has 5 nitrogen and oxygen atoms in total. The van der Waals surface area contributed by atoms with Crippen molar-refractivity contribution in [2.45, 2.75) is 39.7 Å². The minimum atomic E-state index is 0.212. The lowest BCUT2D eigenvalue weighted by Crippen LogP contribution is -2.25. The first-order valence-electron chi connectivity index (χ1n) is 7.45. The fourth-order valence-electron chi connectivity index (χ4n) is 2.90. The van der Waals surface area contributed by atoms with Crippen LogP contribution in [0.3, 0.4) is 0 Å². The van der Waals surface area contributed by atoms with Gasteiger partial charge < -0.3 is 15.2 Å². The Labute approximate surface area is 124 Å². The molecule has 0 amide bonds. The number of benzene rings is 1. The van der Waals surface area contributed by atoms with E-state index in [1.165, 1.54) is 5.56 Å². The van der Waals surface area contributed by atoms with E-state index in [4.69, 9.17) is 15.2 Å². The average Bonchev–Trinajstić information content (AvgIpc) is 2.78. The fraction of sp³-hybridized carbons (Fsp3) is 0.500. The van der Waals surface area contributed by atoms with Crippen molar-refractivity contribution in [1.82, 2.24) is 0 Å². The van der Waals surface area contributed by atoms with E-state index in [0.717, 1.165) is 35.6 Å². The molecule has 1 aromatic carbocycles. The van der Waals surface area contributed by atoms with Crippen LogP contribution in [0.1, 0.15) is 38.3 Å². The number of ether oxygens (including phenoxy) is 2. The minimum absolute atomic E-state index is 0.212.